The zero-order valence-corrected chi connectivity index (χ0v) is 15.8. The summed E-state index contributed by atoms with van der Waals surface area (Å²) >= 11 is 0. The molecule has 0 unspecified atom stereocenters. The molecule has 0 bridgehead atoms. The molecule has 3 aromatic heterocycles. The van der Waals surface area contributed by atoms with E-state index in [2.05, 4.69) is 20.8 Å². The van der Waals surface area contributed by atoms with Crippen molar-refractivity contribution in [2.45, 2.75) is 26.8 Å². The van der Waals surface area contributed by atoms with Crippen molar-refractivity contribution < 1.29 is 9.32 Å². The van der Waals surface area contributed by atoms with E-state index in [1.807, 2.05) is 60.0 Å². The van der Waals surface area contributed by atoms with Crippen molar-refractivity contribution in [1.29, 1.82) is 0 Å². The minimum absolute atomic E-state index is 0.352. The van der Waals surface area contributed by atoms with Crippen LogP contribution in [0.1, 0.15) is 30.2 Å². The van der Waals surface area contributed by atoms with E-state index in [4.69, 9.17) is 9.51 Å². The van der Waals surface area contributed by atoms with Gasteiger partial charge in [0.1, 0.15) is 23.2 Å². The predicted octanol–water partition coefficient (Wildman–Crippen LogP) is 3.88. The molecule has 0 aliphatic carbocycles. The highest BCUT2D eigenvalue weighted by Gasteiger charge is 2.20. The lowest BCUT2D eigenvalue weighted by atomic mass is 10.1. The van der Waals surface area contributed by atoms with Crippen LogP contribution in [0.3, 0.4) is 0 Å². The number of anilines is 1. The van der Waals surface area contributed by atoms with Gasteiger partial charge in [-0.05, 0) is 32.4 Å². The fourth-order valence-corrected chi connectivity index (χ4v) is 3.01. The molecular weight excluding hydrogens is 356 g/mol. The Morgan fingerprint density at radius 1 is 1.11 bits per heavy atom. The van der Waals surface area contributed by atoms with Crippen molar-refractivity contribution in [1.82, 2.24) is 24.8 Å². The lowest BCUT2D eigenvalue weighted by Gasteiger charge is -2.12. The average molecular weight is 376 g/mol. The molecule has 1 aromatic carbocycles. The van der Waals surface area contributed by atoms with Crippen molar-refractivity contribution in [3.05, 3.63) is 65.9 Å². The second kappa shape index (κ2) is 7.15. The Balaban J connectivity index is 1.67. The Hall–Kier alpha value is -3.68. The van der Waals surface area contributed by atoms with Gasteiger partial charge >= 0.3 is 6.03 Å². The molecule has 3 heterocycles. The minimum atomic E-state index is -0.428. The maximum Gasteiger partial charge on any atom is 0.321 e. The molecule has 0 fully saturated rings. The lowest BCUT2D eigenvalue weighted by molar-refractivity contribution is 0.245. The molecule has 0 aliphatic rings. The van der Waals surface area contributed by atoms with E-state index >= 15 is 0 Å². The topological polar surface area (TPSA) is 97.3 Å². The number of carbonyl (C=O) groups excluding carboxylic acids is 1. The number of imidazole rings is 1. The van der Waals surface area contributed by atoms with Gasteiger partial charge in [-0.3, -0.25) is 9.72 Å². The summed E-state index contributed by atoms with van der Waals surface area (Å²) in [4.78, 5) is 21.6. The molecule has 2 N–H and O–H groups in total. The number of hydrogen-bond donors (Lipinski definition) is 2. The van der Waals surface area contributed by atoms with Gasteiger partial charge < -0.3 is 9.84 Å². The van der Waals surface area contributed by atoms with Gasteiger partial charge in [0.05, 0.1) is 0 Å². The minimum Gasteiger partial charge on any atom is -0.337 e. The predicted molar refractivity (Wildman–Crippen MR) is 105 cm³/mol. The lowest BCUT2D eigenvalue weighted by Crippen LogP contribution is -2.32. The Kier molecular flexibility index (Phi) is 4.52. The summed E-state index contributed by atoms with van der Waals surface area (Å²) in [5.74, 6) is 1.47. The van der Waals surface area contributed by atoms with Crippen molar-refractivity contribution in [2.75, 3.05) is 5.32 Å². The molecule has 0 spiro atoms. The Morgan fingerprint density at radius 3 is 2.61 bits per heavy atom. The van der Waals surface area contributed by atoms with Crippen LogP contribution in [0.25, 0.3) is 16.9 Å². The van der Waals surface area contributed by atoms with Gasteiger partial charge in [-0.1, -0.05) is 41.6 Å². The smallest absolute Gasteiger partial charge is 0.321 e. The Morgan fingerprint density at radius 2 is 1.89 bits per heavy atom. The van der Waals surface area contributed by atoms with Gasteiger partial charge in [0.15, 0.2) is 5.82 Å². The number of rotatable bonds is 4. The van der Waals surface area contributed by atoms with Crippen LogP contribution in [-0.4, -0.2) is 25.6 Å². The number of urea groups is 1. The maximum absolute atomic E-state index is 12.7. The standard InChI is InChI=1S/C20H20N6O2/c1-12-8-7-11-26-17(12)23-16(15-9-5-4-6-10-15)18(26)24-20(27)21-13(2)19-22-14(3)25-28-19/h4-11,13H,1-3H3,(H2,21,24,27)/t13-/m0/s1. The number of nitrogens with one attached hydrogen (secondary N) is 2. The van der Waals surface area contributed by atoms with Crippen LogP contribution >= 0.6 is 0 Å². The molecule has 0 radical (unpaired) electrons. The van der Waals surface area contributed by atoms with E-state index in [1.165, 1.54) is 0 Å². The zero-order chi connectivity index (χ0) is 19.7. The first-order chi connectivity index (χ1) is 13.5. The molecular formula is C20H20N6O2. The third-order valence-electron chi connectivity index (χ3n) is 4.39. The largest absolute Gasteiger partial charge is 0.337 e. The quantitative estimate of drug-likeness (QED) is 0.563. The van der Waals surface area contributed by atoms with E-state index < -0.39 is 6.04 Å². The first kappa shape index (κ1) is 17.7. The highest BCUT2D eigenvalue weighted by Crippen LogP contribution is 2.29. The fraction of sp³-hybridized carbons (Fsp3) is 0.200. The number of fused-ring (bicyclic) bond motifs is 1. The summed E-state index contributed by atoms with van der Waals surface area (Å²) in [6.07, 6.45) is 1.88. The molecule has 8 nitrogen and oxygen atoms in total. The summed E-state index contributed by atoms with van der Waals surface area (Å²) < 4.78 is 6.99. The normalized spacial score (nSPS) is 12.1. The third-order valence-corrected chi connectivity index (χ3v) is 4.39. The first-order valence-corrected chi connectivity index (χ1v) is 8.93. The van der Waals surface area contributed by atoms with E-state index in [1.54, 1.807) is 13.8 Å². The average Bonchev–Trinajstić information content (AvgIpc) is 3.28. The number of nitrogens with zero attached hydrogens (tertiary/aromatic N) is 4. The van der Waals surface area contributed by atoms with Crippen LogP contribution in [0.2, 0.25) is 0 Å². The molecule has 8 heteroatoms. The fourth-order valence-electron chi connectivity index (χ4n) is 3.01. The highest BCUT2D eigenvalue weighted by atomic mass is 16.5. The van der Waals surface area contributed by atoms with Gasteiger partial charge in [0.25, 0.3) is 0 Å². The molecule has 0 saturated heterocycles. The monoisotopic (exact) mass is 376 g/mol. The number of benzene rings is 1. The molecule has 0 saturated carbocycles. The molecule has 4 aromatic rings. The van der Waals surface area contributed by atoms with Gasteiger partial charge in [0, 0.05) is 11.8 Å². The second-order valence-corrected chi connectivity index (χ2v) is 6.56. The Labute approximate surface area is 161 Å². The van der Waals surface area contributed by atoms with E-state index in [-0.39, 0.29) is 6.03 Å². The zero-order valence-electron chi connectivity index (χ0n) is 15.8. The summed E-state index contributed by atoms with van der Waals surface area (Å²) in [6, 6.07) is 12.8. The molecule has 0 aliphatic heterocycles. The van der Waals surface area contributed by atoms with Crippen molar-refractivity contribution in [3.63, 3.8) is 0 Å². The van der Waals surface area contributed by atoms with Crippen LogP contribution < -0.4 is 10.6 Å². The molecule has 2 amide bonds. The van der Waals surface area contributed by atoms with E-state index in [0.717, 1.165) is 16.8 Å². The second-order valence-electron chi connectivity index (χ2n) is 6.56. The summed E-state index contributed by atoms with van der Waals surface area (Å²) in [6.45, 7) is 5.50. The molecule has 142 valence electrons. The van der Waals surface area contributed by atoms with Crippen LogP contribution in [-0.2, 0) is 0 Å². The van der Waals surface area contributed by atoms with Gasteiger partial charge in [-0.25, -0.2) is 9.78 Å². The number of pyridine rings is 1. The van der Waals surface area contributed by atoms with Crippen LogP contribution in [0.15, 0.2) is 53.2 Å². The number of aromatic nitrogens is 4. The van der Waals surface area contributed by atoms with Crippen molar-refractivity contribution >= 4 is 17.5 Å². The number of amides is 2. The SMILES string of the molecule is Cc1noc([C@H](C)NC(=O)Nc2c(-c3ccccc3)nc3c(C)cccn23)n1. The van der Waals surface area contributed by atoms with E-state index in [0.29, 0.717) is 23.2 Å². The van der Waals surface area contributed by atoms with Gasteiger partial charge in [-0.15, -0.1) is 0 Å². The van der Waals surface area contributed by atoms with Crippen molar-refractivity contribution in [3.8, 4) is 11.3 Å². The van der Waals surface area contributed by atoms with Crippen molar-refractivity contribution in [2.24, 2.45) is 0 Å². The summed E-state index contributed by atoms with van der Waals surface area (Å²) in [5.41, 5.74) is 3.42. The molecule has 28 heavy (non-hydrogen) atoms. The summed E-state index contributed by atoms with van der Waals surface area (Å²) in [5, 5.41) is 9.50. The van der Waals surface area contributed by atoms with Crippen LogP contribution in [0.5, 0.6) is 0 Å². The Bertz CT molecular complexity index is 1130. The van der Waals surface area contributed by atoms with Crippen LogP contribution in [0.4, 0.5) is 10.6 Å². The maximum atomic E-state index is 12.7. The van der Waals surface area contributed by atoms with Crippen LogP contribution in [0, 0.1) is 13.8 Å². The number of hydrogen-bond acceptors (Lipinski definition) is 5. The van der Waals surface area contributed by atoms with Gasteiger partial charge in [-0.2, -0.15) is 4.98 Å². The van der Waals surface area contributed by atoms with E-state index in [9.17, 15) is 4.79 Å². The van der Waals surface area contributed by atoms with Gasteiger partial charge in [0.2, 0.25) is 5.89 Å². The molecule has 1 atom stereocenters. The highest BCUT2D eigenvalue weighted by molar-refractivity contribution is 5.93. The third kappa shape index (κ3) is 3.32. The number of carbonyl (C=O) groups is 1. The number of aryl methyl sites for hydroxylation is 2. The molecule has 4 rings (SSSR count). The first-order valence-electron chi connectivity index (χ1n) is 8.93. The summed E-state index contributed by atoms with van der Waals surface area (Å²) in [7, 11) is 0.